The maximum Gasteiger partial charge on any atom is 0.326 e. The maximum absolute atomic E-state index is 12.8. The molecule has 1 atom stereocenters. The Balaban J connectivity index is 0.00000274. The second kappa shape index (κ2) is 10.2. The molecular formula is C26H28Cl2N4O2. The van der Waals surface area contributed by atoms with E-state index in [4.69, 9.17) is 11.6 Å². The molecule has 6 nitrogen and oxygen atoms in total. The zero-order valence-electron chi connectivity index (χ0n) is 19.0. The zero-order chi connectivity index (χ0) is 22.9. The van der Waals surface area contributed by atoms with Gasteiger partial charge in [0.05, 0.1) is 11.0 Å². The number of hydrogen-bond donors (Lipinski definition) is 2. The number of imidazole rings is 1. The molecule has 3 aromatic carbocycles. The van der Waals surface area contributed by atoms with Crippen LogP contribution >= 0.6 is 24.0 Å². The molecule has 5 rings (SSSR count). The maximum atomic E-state index is 12.8. The molecule has 0 radical (unpaired) electrons. The summed E-state index contributed by atoms with van der Waals surface area (Å²) in [5.41, 5.74) is 2.28. The van der Waals surface area contributed by atoms with Gasteiger partial charge < -0.3 is 15.2 Å². The van der Waals surface area contributed by atoms with Gasteiger partial charge in [0.15, 0.2) is 0 Å². The third kappa shape index (κ3) is 4.99. The zero-order valence-corrected chi connectivity index (χ0v) is 20.5. The number of amides is 1. The van der Waals surface area contributed by atoms with Gasteiger partial charge >= 0.3 is 5.69 Å². The minimum atomic E-state index is -0.0817. The Morgan fingerprint density at radius 2 is 1.82 bits per heavy atom. The second-order valence-electron chi connectivity index (χ2n) is 8.93. The lowest BCUT2D eigenvalue weighted by Gasteiger charge is -2.34. The molecule has 0 saturated carbocycles. The van der Waals surface area contributed by atoms with Crippen LogP contribution in [0.5, 0.6) is 0 Å². The molecule has 34 heavy (non-hydrogen) atoms. The molecule has 2 N–H and O–H groups in total. The van der Waals surface area contributed by atoms with Crippen molar-refractivity contribution in [1.82, 2.24) is 19.8 Å². The van der Waals surface area contributed by atoms with Crippen LogP contribution in [0.1, 0.15) is 36.2 Å². The summed E-state index contributed by atoms with van der Waals surface area (Å²) in [5, 5.41) is 5.94. The summed E-state index contributed by atoms with van der Waals surface area (Å²) in [6.45, 7) is 4.59. The Labute approximate surface area is 209 Å². The van der Waals surface area contributed by atoms with Crippen molar-refractivity contribution in [3.63, 3.8) is 0 Å². The summed E-state index contributed by atoms with van der Waals surface area (Å²) >= 11 is 6.07. The average Bonchev–Trinajstić information content (AvgIpc) is 3.13. The fourth-order valence-electron chi connectivity index (χ4n) is 4.90. The summed E-state index contributed by atoms with van der Waals surface area (Å²) in [7, 11) is 0. The molecule has 178 valence electrons. The van der Waals surface area contributed by atoms with Crippen molar-refractivity contribution in [1.29, 1.82) is 0 Å². The molecular weight excluding hydrogens is 471 g/mol. The van der Waals surface area contributed by atoms with E-state index in [-0.39, 0.29) is 36.1 Å². The van der Waals surface area contributed by atoms with E-state index in [9.17, 15) is 9.59 Å². The number of rotatable bonds is 5. The lowest BCUT2D eigenvalue weighted by Crippen LogP contribution is -2.45. The quantitative estimate of drug-likeness (QED) is 0.406. The number of likely N-dealkylation sites (tertiary alicyclic amines) is 1. The van der Waals surface area contributed by atoms with E-state index in [1.165, 1.54) is 0 Å². The van der Waals surface area contributed by atoms with Crippen molar-refractivity contribution in [3.05, 3.63) is 81.7 Å². The van der Waals surface area contributed by atoms with E-state index in [1.807, 2.05) is 66.1 Å². The van der Waals surface area contributed by atoms with Crippen molar-refractivity contribution in [3.8, 4) is 0 Å². The first kappa shape index (κ1) is 24.3. The van der Waals surface area contributed by atoms with E-state index in [2.05, 4.69) is 15.2 Å². The molecule has 1 aliphatic rings. The van der Waals surface area contributed by atoms with Crippen LogP contribution in [-0.2, 0) is 0 Å². The van der Waals surface area contributed by atoms with Crippen LogP contribution in [0.2, 0.25) is 5.02 Å². The first-order valence-corrected chi connectivity index (χ1v) is 11.8. The first-order chi connectivity index (χ1) is 16.0. The Bertz CT molecular complexity index is 1370. The molecule has 8 heteroatoms. The number of fused-ring (bicyclic) bond motifs is 2. The van der Waals surface area contributed by atoms with Gasteiger partial charge in [-0.05, 0) is 60.9 Å². The van der Waals surface area contributed by atoms with E-state index in [0.717, 1.165) is 54.3 Å². The number of hydrogen-bond acceptors (Lipinski definition) is 3. The van der Waals surface area contributed by atoms with Crippen LogP contribution in [0, 0.1) is 0 Å². The van der Waals surface area contributed by atoms with E-state index < -0.39 is 0 Å². The Hall–Kier alpha value is -2.80. The van der Waals surface area contributed by atoms with Crippen molar-refractivity contribution in [2.45, 2.75) is 31.8 Å². The molecule has 0 aliphatic carbocycles. The number of carbonyl (C=O) groups excluding carboxylic acids is 1. The molecule has 2 heterocycles. The predicted octanol–water partition coefficient (Wildman–Crippen LogP) is 5.01. The van der Waals surface area contributed by atoms with Crippen molar-refractivity contribution < 1.29 is 4.79 Å². The number of aromatic amines is 1. The highest BCUT2D eigenvalue weighted by molar-refractivity contribution is 6.31. The fraction of sp³-hybridized carbons (Fsp3) is 0.308. The summed E-state index contributed by atoms with van der Waals surface area (Å²) in [6, 6.07) is 19.6. The van der Waals surface area contributed by atoms with Gasteiger partial charge in [0, 0.05) is 42.3 Å². The Morgan fingerprint density at radius 1 is 1.09 bits per heavy atom. The van der Waals surface area contributed by atoms with Gasteiger partial charge in [0.1, 0.15) is 0 Å². The number of piperidine rings is 1. The summed E-state index contributed by atoms with van der Waals surface area (Å²) in [4.78, 5) is 30.6. The smallest absolute Gasteiger partial charge is 0.326 e. The number of nitrogens with zero attached hydrogens (tertiary/aromatic N) is 2. The van der Waals surface area contributed by atoms with Gasteiger partial charge in [0.25, 0.3) is 5.91 Å². The molecule has 1 aliphatic heterocycles. The topological polar surface area (TPSA) is 70.1 Å². The Morgan fingerprint density at radius 3 is 2.59 bits per heavy atom. The standard InChI is InChI=1S/C26H27ClN4O2.ClH/c1-17(28-25(32)20-7-6-18-4-2-3-5-19(18)14-20)16-30-12-10-22(11-13-30)31-24-9-8-21(27)15-23(24)29-26(31)33;/h2-9,14-15,17,22H,10-13,16H2,1H3,(H,28,32)(H,29,33);1H. The first-order valence-electron chi connectivity index (χ1n) is 11.4. The van der Waals surface area contributed by atoms with E-state index >= 15 is 0 Å². The van der Waals surface area contributed by atoms with Crippen LogP contribution in [0.25, 0.3) is 21.8 Å². The molecule has 1 saturated heterocycles. The van der Waals surface area contributed by atoms with Crippen LogP contribution in [0.15, 0.2) is 65.5 Å². The average molecular weight is 499 g/mol. The van der Waals surface area contributed by atoms with Crippen molar-refractivity contribution in [2.75, 3.05) is 19.6 Å². The molecule has 1 amide bonds. The van der Waals surface area contributed by atoms with Gasteiger partial charge in [-0.3, -0.25) is 9.36 Å². The highest BCUT2D eigenvalue weighted by Crippen LogP contribution is 2.26. The lowest BCUT2D eigenvalue weighted by atomic mass is 10.0. The third-order valence-electron chi connectivity index (χ3n) is 6.52. The fourth-order valence-corrected chi connectivity index (χ4v) is 5.07. The van der Waals surface area contributed by atoms with Gasteiger partial charge in [-0.2, -0.15) is 0 Å². The number of halogens is 2. The molecule has 0 bridgehead atoms. The van der Waals surface area contributed by atoms with Gasteiger partial charge in [0.2, 0.25) is 0 Å². The SMILES string of the molecule is CC(CN1CCC(n2c(=O)[nH]c3cc(Cl)ccc32)CC1)NC(=O)c1ccc2ccccc2c1.Cl. The largest absolute Gasteiger partial charge is 0.348 e. The lowest BCUT2D eigenvalue weighted by molar-refractivity contribution is 0.0921. The minimum absolute atomic E-state index is 0. The number of H-pyrrole nitrogens is 1. The highest BCUT2D eigenvalue weighted by atomic mass is 35.5. The predicted molar refractivity (Wildman–Crippen MR) is 140 cm³/mol. The molecule has 4 aromatic rings. The highest BCUT2D eigenvalue weighted by Gasteiger charge is 2.25. The minimum Gasteiger partial charge on any atom is -0.348 e. The molecule has 1 aromatic heterocycles. The van der Waals surface area contributed by atoms with Crippen LogP contribution in [-0.4, -0.2) is 46.0 Å². The molecule has 1 fully saturated rings. The van der Waals surface area contributed by atoms with Crippen LogP contribution in [0.4, 0.5) is 0 Å². The number of nitrogens with one attached hydrogen (secondary N) is 2. The van der Waals surface area contributed by atoms with Crippen molar-refractivity contribution >= 4 is 51.7 Å². The molecule has 0 spiro atoms. The monoisotopic (exact) mass is 498 g/mol. The van der Waals surface area contributed by atoms with Crippen LogP contribution in [0.3, 0.4) is 0 Å². The molecule has 1 unspecified atom stereocenters. The van der Waals surface area contributed by atoms with E-state index in [0.29, 0.717) is 10.6 Å². The Kier molecular flexibility index (Phi) is 7.31. The van der Waals surface area contributed by atoms with Crippen LogP contribution < -0.4 is 11.0 Å². The van der Waals surface area contributed by atoms with Gasteiger partial charge in [-0.25, -0.2) is 4.79 Å². The summed E-state index contributed by atoms with van der Waals surface area (Å²) in [6.07, 6.45) is 1.78. The third-order valence-corrected chi connectivity index (χ3v) is 6.76. The van der Waals surface area contributed by atoms with Gasteiger partial charge in [-0.15, -0.1) is 12.4 Å². The summed E-state index contributed by atoms with van der Waals surface area (Å²) in [5.74, 6) is -0.0489. The number of carbonyl (C=O) groups is 1. The number of benzene rings is 3. The van der Waals surface area contributed by atoms with Crippen molar-refractivity contribution in [2.24, 2.45) is 0 Å². The summed E-state index contributed by atoms with van der Waals surface area (Å²) < 4.78 is 1.87. The number of aromatic nitrogens is 2. The normalized spacial score (nSPS) is 15.8. The second-order valence-corrected chi connectivity index (χ2v) is 9.37. The van der Waals surface area contributed by atoms with E-state index in [1.54, 1.807) is 6.07 Å². The van der Waals surface area contributed by atoms with Gasteiger partial charge in [-0.1, -0.05) is 41.9 Å².